The zero-order valence-corrected chi connectivity index (χ0v) is 13.7. The van der Waals surface area contributed by atoms with Crippen molar-refractivity contribution in [1.82, 2.24) is 5.43 Å². The number of esters is 1. The molecule has 1 amide bonds. The number of rotatable bonds is 8. The summed E-state index contributed by atoms with van der Waals surface area (Å²) in [7, 11) is 0. The van der Waals surface area contributed by atoms with E-state index in [4.69, 9.17) is 10.1 Å². The molecule has 1 heterocycles. The molecule has 0 aliphatic carbocycles. The highest BCUT2D eigenvalue weighted by Gasteiger charge is 2.12. The van der Waals surface area contributed by atoms with E-state index >= 15 is 0 Å². The van der Waals surface area contributed by atoms with Gasteiger partial charge >= 0.3 is 5.97 Å². The number of hydrazone groups is 1. The van der Waals surface area contributed by atoms with Gasteiger partial charge in [0.2, 0.25) is 5.91 Å². The van der Waals surface area contributed by atoms with Gasteiger partial charge in [0.05, 0.1) is 18.7 Å². The molecule has 2 rings (SSSR count). The minimum absolute atomic E-state index is 0.0477. The van der Waals surface area contributed by atoms with Crippen LogP contribution in [-0.2, 0) is 14.3 Å². The van der Waals surface area contributed by atoms with E-state index in [1.54, 1.807) is 6.92 Å². The molecule has 0 bridgehead atoms. The standard InChI is InChI=1S/C17H22N4O3/c1-12(18)11-17(23)24-10-2-9-19-14-5-3-13(4-6-14)15-7-8-16(22)21-20-15/h3-6,18-19H,2,7-11H2,1H3,(H,21,22). The maximum atomic E-state index is 11.3. The molecule has 0 fully saturated rings. The Kier molecular flexibility index (Phi) is 6.48. The van der Waals surface area contributed by atoms with Gasteiger partial charge in [0.1, 0.15) is 0 Å². The van der Waals surface area contributed by atoms with Crippen LogP contribution in [0.5, 0.6) is 0 Å². The molecule has 0 aromatic heterocycles. The number of hydrogen-bond donors (Lipinski definition) is 3. The summed E-state index contributed by atoms with van der Waals surface area (Å²) in [4.78, 5) is 22.4. The number of benzene rings is 1. The first-order valence-electron chi connectivity index (χ1n) is 7.94. The average Bonchev–Trinajstić information content (AvgIpc) is 2.55. The van der Waals surface area contributed by atoms with Crippen molar-refractivity contribution < 1.29 is 14.3 Å². The molecule has 1 aromatic carbocycles. The molecule has 7 nitrogen and oxygen atoms in total. The first-order valence-corrected chi connectivity index (χ1v) is 7.94. The van der Waals surface area contributed by atoms with Crippen molar-refractivity contribution in [3.05, 3.63) is 29.8 Å². The summed E-state index contributed by atoms with van der Waals surface area (Å²) in [5, 5.41) is 14.5. The maximum Gasteiger partial charge on any atom is 0.311 e. The lowest BCUT2D eigenvalue weighted by Crippen LogP contribution is -2.25. The Bertz CT molecular complexity index is 638. The van der Waals surface area contributed by atoms with Crippen molar-refractivity contribution in [2.45, 2.75) is 32.6 Å². The van der Waals surface area contributed by atoms with E-state index in [1.165, 1.54) is 0 Å². The molecule has 0 saturated heterocycles. The Labute approximate surface area is 141 Å². The largest absolute Gasteiger partial charge is 0.465 e. The number of amides is 1. The van der Waals surface area contributed by atoms with Gasteiger partial charge in [-0.1, -0.05) is 12.1 Å². The monoisotopic (exact) mass is 330 g/mol. The van der Waals surface area contributed by atoms with Crippen molar-refractivity contribution in [3.63, 3.8) is 0 Å². The van der Waals surface area contributed by atoms with Gasteiger partial charge in [0.25, 0.3) is 0 Å². The van der Waals surface area contributed by atoms with Gasteiger partial charge in [-0.25, -0.2) is 5.43 Å². The number of ether oxygens (including phenoxy) is 1. The van der Waals surface area contributed by atoms with E-state index in [2.05, 4.69) is 15.8 Å². The quantitative estimate of drug-likeness (QED) is 0.385. The number of nitrogens with one attached hydrogen (secondary N) is 3. The van der Waals surface area contributed by atoms with Crippen LogP contribution in [0.3, 0.4) is 0 Å². The van der Waals surface area contributed by atoms with Crippen LogP contribution in [0, 0.1) is 5.41 Å². The van der Waals surface area contributed by atoms with E-state index in [0.29, 0.717) is 38.1 Å². The third-order valence-electron chi connectivity index (χ3n) is 3.45. The molecule has 1 aromatic rings. The lowest BCUT2D eigenvalue weighted by atomic mass is 10.0. The van der Waals surface area contributed by atoms with E-state index in [1.807, 2.05) is 24.3 Å². The number of hydrogen-bond acceptors (Lipinski definition) is 6. The third kappa shape index (κ3) is 5.83. The van der Waals surface area contributed by atoms with Gasteiger partial charge in [-0.2, -0.15) is 5.10 Å². The normalized spacial score (nSPS) is 13.7. The Morgan fingerprint density at radius 1 is 1.33 bits per heavy atom. The molecule has 0 radical (unpaired) electrons. The second-order valence-corrected chi connectivity index (χ2v) is 5.63. The Balaban J connectivity index is 1.70. The van der Waals surface area contributed by atoms with Gasteiger partial charge < -0.3 is 15.5 Å². The summed E-state index contributed by atoms with van der Waals surface area (Å²) in [6, 6.07) is 7.84. The fourth-order valence-corrected chi connectivity index (χ4v) is 2.22. The zero-order valence-electron chi connectivity index (χ0n) is 13.7. The summed E-state index contributed by atoms with van der Waals surface area (Å²) >= 11 is 0. The Morgan fingerprint density at radius 2 is 2.08 bits per heavy atom. The van der Waals surface area contributed by atoms with Crippen molar-refractivity contribution in [2.24, 2.45) is 5.10 Å². The van der Waals surface area contributed by atoms with Crippen molar-refractivity contribution in [2.75, 3.05) is 18.5 Å². The SMILES string of the molecule is CC(=N)CC(=O)OCCCNc1ccc(C2=NNC(=O)CC2)cc1. The van der Waals surface area contributed by atoms with Crippen LogP contribution in [0.4, 0.5) is 5.69 Å². The van der Waals surface area contributed by atoms with E-state index < -0.39 is 0 Å². The van der Waals surface area contributed by atoms with E-state index in [0.717, 1.165) is 17.0 Å². The highest BCUT2D eigenvalue weighted by atomic mass is 16.5. The van der Waals surface area contributed by atoms with Crippen LogP contribution in [0.1, 0.15) is 38.2 Å². The summed E-state index contributed by atoms with van der Waals surface area (Å²) in [5.41, 5.74) is 5.65. The topological polar surface area (TPSA) is 104 Å². The molecule has 7 heteroatoms. The molecule has 0 saturated carbocycles. The smallest absolute Gasteiger partial charge is 0.311 e. The number of nitrogens with zero attached hydrogens (tertiary/aromatic N) is 1. The average molecular weight is 330 g/mol. The van der Waals surface area contributed by atoms with E-state index in [9.17, 15) is 9.59 Å². The van der Waals surface area contributed by atoms with Crippen molar-refractivity contribution in [3.8, 4) is 0 Å². The highest BCUT2D eigenvalue weighted by molar-refractivity contribution is 6.04. The van der Waals surface area contributed by atoms with Crippen LogP contribution in [0.15, 0.2) is 29.4 Å². The molecule has 0 unspecified atom stereocenters. The molecule has 0 atom stereocenters. The number of carbonyl (C=O) groups is 2. The molecule has 1 aliphatic heterocycles. The van der Waals surface area contributed by atoms with Crippen molar-refractivity contribution >= 4 is 29.0 Å². The van der Waals surface area contributed by atoms with Gasteiger partial charge in [-0.05, 0) is 31.0 Å². The van der Waals surface area contributed by atoms with E-state index in [-0.39, 0.29) is 18.3 Å². The summed E-state index contributed by atoms with van der Waals surface area (Å²) in [6.07, 6.45) is 1.87. The number of carbonyl (C=O) groups excluding carboxylic acids is 2. The summed E-state index contributed by atoms with van der Waals surface area (Å²) in [5.74, 6) is -0.402. The van der Waals surface area contributed by atoms with Crippen LogP contribution in [-0.4, -0.2) is 36.5 Å². The third-order valence-corrected chi connectivity index (χ3v) is 3.45. The molecule has 24 heavy (non-hydrogen) atoms. The fraction of sp³-hybridized carbons (Fsp3) is 0.412. The van der Waals surface area contributed by atoms with Gasteiger partial charge in [-0.3, -0.25) is 9.59 Å². The Morgan fingerprint density at radius 3 is 2.71 bits per heavy atom. The van der Waals surface area contributed by atoms with Crippen LogP contribution >= 0.6 is 0 Å². The van der Waals surface area contributed by atoms with Crippen LogP contribution < -0.4 is 10.7 Å². The second-order valence-electron chi connectivity index (χ2n) is 5.63. The predicted molar refractivity (Wildman–Crippen MR) is 92.4 cm³/mol. The minimum Gasteiger partial charge on any atom is -0.465 e. The highest BCUT2D eigenvalue weighted by Crippen LogP contribution is 2.14. The fourth-order valence-electron chi connectivity index (χ4n) is 2.22. The first-order chi connectivity index (χ1) is 11.5. The molecule has 3 N–H and O–H groups in total. The lowest BCUT2D eigenvalue weighted by Gasteiger charge is -2.13. The Hall–Kier alpha value is -2.70. The summed E-state index contributed by atoms with van der Waals surface area (Å²) in [6.45, 7) is 2.61. The van der Waals surface area contributed by atoms with Gasteiger partial charge in [0, 0.05) is 30.8 Å². The minimum atomic E-state index is -0.354. The molecule has 1 aliphatic rings. The van der Waals surface area contributed by atoms with Gasteiger partial charge in [-0.15, -0.1) is 0 Å². The molecular formula is C17H22N4O3. The summed E-state index contributed by atoms with van der Waals surface area (Å²) < 4.78 is 5.03. The number of anilines is 1. The van der Waals surface area contributed by atoms with Gasteiger partial charge in [0.15, 0.2) is 0 Å². The zero-order chi connectivity index (χ0) is 17.4. The second kappa shape index (κ2) is 8.81. The predicted octanol–water partition coefficient (Wildman–Crippen LogP) is 2.08. The van der Waals surface area contributed by atoms with Crippen LogP contribution in [0.2, 0.25) is 0 Å². The van der Waals surface area contributed by atoms with Crippen LogP contribution in [0.25, 0.3) is 0 Å². The molecule has 0 spiro atoms. The maximum absolute atomic E-state index is 11.3. The van der Waals surface area contributed by atoms with Crippen molar-refractivity contribution in [1.29, 1.82) is 5.41 Å². The molecular weight excluding hydrogens is 308 g/mol. The molecule has 128 valence electrons. The lowest BCUT2D eigenvalue weighted by molar-refractivity contribution is -0.142. The first kappa shape index (κ1) is 17.7.